The quantitative estimate of drug-likeness (QED) is 0.283. The first-order chi connectivity index (χ1) is 16.2. The van der Waals surface area contributed by atoms with Gasteiger partial charge in [-0.2, -0.15) is 0 Å². The second kappa shape index (κ2) is 10.9. The van der Waals surface area contributed by atoms with Crippen molar-refractivity contribution in [2.24, 2.45) is 5.41 Å². The molecule has 3 rings (SSSR count). The van der Waals surface area contributed by atoms with Crippen LogP contribution in [0.3, 0.4) is 0 Å². The Hall–Kier alpha value is -3.72. The standard InChI is InChI=1S/C25H32N6O3/c1-5-12-26-13-14-27-24(34)29-18-8-6-17(7-9-18)23(33)28-19-10-11-21-30-20(16-31(21)15-19)22(32)25(2,3)4/h6-11,15-16,26H,5,12-14H2,1-4H3,(H,28,33)(H2,27,29,34). The summed E-state index contributed by atoms with van der Waals surface area (Å²) in [5.74, 6) is -0.333. The Morgan fingerprint density at radius 3 is 2.26 bits per heavy atom. The monoisotopic (exact) mass is 464 g/mol. The maximum absolute atomic E-state index is 12.7. The van der Waals surface area contributed by atoms with Gasteiger partial charge in [0.1, 0.15) is 11.3 Å². The molecule has 0 spiro atoms. The highest BCUT2D eigenvalue weighted by Gasteiger charge is 2.25. The number of rotatable bonds is 9. The highest BCUT2D eigenvalue weighted by molar-refractivity contribution is 6.04. The molecule has 9 heteroatoms. The fraction of sp³-hybridized carbons (Fsp3) is 0.360. The van der Waals surface area contributed by atoms with Crippen LogP contribution in [0, 0.1) is 5.41 Å². The molecule has 0 aliphatic heterocycles. The number of ketones is 1. The van der Waals surface area contributed by atoms with E-state index in [4.69, 9.17) is 0 Å². The molecule has 2 heterocycles. The van der Waals surface area contributed by atoms with Gasteiger partial charge >= 0.3 is 6.03 Å². The van der Waals surface area contributed by atoms with Crippen molar-refractivity contribution >= 4 is 34.7 Å². The summed E-state index contributed by atoms with van der Waals surface area (Å²) in [6.07, 6.45) is 4.43. The molecule has 9 nitrogen and oxygen atoms in total. The van der Waals surface area contributed by atoms with Gasteiger partial charge < -0.3 is 25.7 Å². The predicted molar refractivity (Wildman–Crippen MR) is 134 cm³/mol. The van der Waals surface area contributed by atoms with E-state index in [1.807, 2.05) is 20.8 Å². The second-order valence-corrected chi connectivity index (χ2v) is 9.05. The summed E-state index contributed by atoms with van der Waals surface area (Å²) in [6.45, 7) is 9.79. The third-order valence-electron chi connectivity index (χ3n) is 5.04. The molecule has 0 radical (unpaired) electrons. The Morgan fingerprint density at radius 2 is 1.59 bits per heavy atom. The van der Waals surface area contributed by atoms with Crippen LogP contribution >= 0.6 is 0 Å². The number of fused-ring (bicyclic) bond motifs is 1. The minimum Gasteiger partial charge on any atom is -0.337 e. The zero-order chi connectivity index (χ0) is 24.7. The van der Waals surface area contributed by atoms with E-state index >= 15 is 0 Å². The smallest absolute Gasteiger partial charge is 0.319 e. The van der Waals surface area contributed by atoms with Gasteiger partial charge in [-0.25, -0.2) is 9.78 Å². The number of anilines is 2. The largest absolute Gasteiger partial charge is 0.337 e. The van der Waals surface area contributed by atoms with Crippen LogP contribution in [0.5, 0.6) is 0 Å². The second-order valence-electron chi connectivity index (χ2n) is 9.05. The number of hydrogen-bond donors (Lipinski definition) is 4. The van der Waals surface area contributed by atoms with Crippen molar-refractivity contribution in [2.75, 3.05) is 30.3 Å². The van der Waals surface area contributed by atoms with Crippen LogP contribution in [0.25, 0.3) is 5.65 Å². The predicted octanol–water partition coefficient (Wildman–Crippen LogP) is 3.94. The van der Waals surface area contributed by atoms with Crippen molar-refractivity contribution < 1.29 is 14.4 Å². The lowest BCUT2D eigenvalue weighted by molar-refractivity contribution is 0.0853. The van der Waals surface area contributed by atoms with Gasteiger partial charge in [0, 0.05) is 42.1 Å². The third-order valence-corrected chi connectivity index (χ3v) is 5.04. The van der Waals surface area contributed by atoms with Crippen molar-refractivity contribution in [1.29, 1.82) is 0 Å². The molecule has 2 aromatic heterocycles. The first-order valence-corrected chi connectivity index (χ1v) is 11.4. The number of hydrogen-bond acceptors (Lipinski definition) is 5. The first-order valence-electron chi connectivity index (χ1n) is 11.4. The van der Waals surface area contributed by atoms with Crippen molar-refractivity contribution in [3.8, 4) is 0 Å². The molecule has 0 aliphatic rings. The number of aromatic nitrogens is 2. The molecule has 4 N–H and O–H groups in total. The van der Waals surface area contributed by atoms with Crippen molar-refractivity contribution in [2.45, 2.75) is 34.1 Å². The molecule has 0 unspecified atom stereocenters. The lowest BCUT2D eigenvalue weighted by atomic mass is 9.89. The van der Waals surface area contributed by atoms with E-state index in [1.165, 1.54) is 0 Å². The Bertz CT molecular complexity index is 1160. The fourth-order valence-electron chi connectivity index (χ4n) is 3.21. The summed E-state index contributed by atoms with van der Waals surface area (Å²) in [5.41, 5.74) is 2.10. The number of nitrogens with one attached hydrogen (secondary N) is 4. The molecule has 0 saturated carbocycles. The Morgan fingerprint density at radius 1 is 0.882 bits per heavy atom. The van der Waals surface area contributed by atoms with Crippen LogP contribution in [-0.4, -0.2) is 46.7 Å². The van der Waals surface area contributed by atoms with E-state index in [9.17, 15) is 14.4 Å². The minimum atomic E-state index is -0.525. The Labute approximate surface area is 199 Å². The van der Waals surface area contributed by atoms with E-state index < -0.39 is 5.41 Å². The Kier molecular flexibility index (Phi) is 8.01. The third kappa shape index (κ3) is 6.64. The molecule has 0 atom stereocenters. The Balaban J connectivity index is 1.58. The summed E-state index contributed by atoms with van der Waals surface area (Å²) in [5, 5.41) is 11.6. The molecule has 0 fully saturated rings. The topological polar surface area (TPSA) is 117 Å². The maximum atomic E-state index is 12.7. The van der Waals surface area contributed by atoms with Crippen LogP contribution in [0.15, 0.2) is 48.8 Å². The average molecular weight is 465 g/mol. The number of pyridine rings is 1. The highest BCUT2D eigenvalue weighted by Crippen LogP contribution is 2.21. The van der Waals surface area contributed by atoms with E-state index in [-0.39, 0.29) is 17.7 Å². The zero-order valence-corrected chi connectivity index (χ0v) is 20.1. The molecule has 0 aliphatic carbocycles. The summed E-state index contributed by atoms with van der Waals surface area (Å²) in [7, 11) is 0. The first kappa shape index (κ1) is 24.9. The molecule has 34 heavy (non-hydrogen) atoms. The molecule has 0 bridgehead atoms. The van der Waals surface area contributed by atoms with Crippen LogP contribution in [0.1, 0.15) is 55.0 Å². The molecular weight excluding hydrogens is 432 g/mol. The van der Waals surface area contributed by atoms with Gasteiger partial charge in [-0.05, 0) is 49.4 Å². The van der Waals surface area contributed by atoms with Crippen LogP contribution < -0.4 is 21.3 Å². The van der Waals surface area contributed by atoms with Crippen LogP contribution in [-0.2, 0) is 0 Å². The zero-order valence-electron chi connectivity index (χ0n) is 20.1. The molecule has 3 amide bonds. The SMILES string of the molecule is CCCNCCNC(=O)Nc1ccc(C(=O)Nc2ccc3nc(C(=O)C(C)(C)C)cn3c2)cc1. The highest BCUT2D eigenvalue weighted by atomic mass is 16.2. The van der Waals surface area contributed by atoms with E-state index in [0.29, 0.717) is 41.4 Å². The van der Waals surface area contributed by atoms with Gasteiger partial charge in [-0.3, -0.25) is 9.59 Å². The number of Topliss-reactive ketones (excluding diaryl/α,β-unsaturated/α-hetero) is 1. The van der Waals surface area contributed by atoms with Gasteiger partial charge in [0.25, 0.3) is 5.91 Å². The summed E-state index contributed by atoms with van der Waals surface area (Å²) < 4.78 is 1.72. The lowest BCUT2D eigenvalue weighted by Gasteiger charge is -2.13. The van der Waals surface area contributed by atoms with E-state index in [2.05, 4.69) is 33.2 Å². The summed E-state index contributed by atoms with van der Waals surface area (Å²) in [6, 6.07) is 9.82. The van der Waals surface area contributed by atoms with E-state index in [1.54, 1.807) is 53.2 Å². The van der Waals surface area contributed by atoms with Crippen molar-refractivity contribution in [1.82, 2.24) is 20.0 Å². The number of nitrogens with zero attached hydrogens (tertiary/aromatic N) is 2. The van der Waals surface area contributed by atoms with Crippen molar-refractivity contribution in [3.05, 3.63) is 60.0 Å². The summed E-state index contributed by atoms with van der Waals surface area (Å²) in [4.78, 5) is 41.5. The number of imidazole rings is 1. The minimum absolute atomic E-state index is 0.0441. The number of amides is 3. The molecule has 3 aromatic rings. The molecular formula is C25H32N6O3. The summed E-state index contributed by atoms with van der Waals surface area (Å²) >= 11 is 0. The van der Waals surface area contributed by atoms with Crippen LogP contribution in [0.2, 0.25) is 0 Å². The van der Waals surface area contributed by atoms with Gasteiger partial charge in [-0.15, -0.1) is 0 Å². The number of carbonyl (C=O) groups is 3. The number of benzene rings is 1. The van der Waals surface area contributed by atoms with E-state index in [0.717, 1.165) is 13.0 Å². The van der Waals surface area contributed by atoms with Crippen molar-refractivity contribution in [3.63, 3.8) is 0 Å². The number of carbonyl (C=O) groups excluding carboxylic acids is 3. The molecule has 0 saturated heterocycles. The van der Waals surface area contributed by atoms with Gasteiger partial charge in [-0.1, -0.05) is 27.7 Å². The fourth-order valence-corrected chi connectivity index (χ4v) is 3.21. The van der Waals surface area contributed by atoms with Gasteiger partial charge in [0.2, 0.25) is 0 Å². The van der Waals surface area contributed by atoms with Crippen LogP contribution in [0.4, 0.5) is 16.2 Å². The average Bonchev–Trinajstić information content (AvgIpc) is 3.21. The van der Waals surface area contributed by atoms with Gasteiger partial charge in [0.15, 0.2) is 5.78 Å². The lowest BCUT2D eigenvalue weighted by Crippen LogP contribution is -2.34. The normalized spacial score (nSPS) is 11.3. The molecule has 180 valence electrons. The number of urea groups is 1. The van der Waals surface area contributed by atoms with Gasteiger partial charge in [0.05, 0.1) is 5.69 Å². The maximum Gasteiger partial charge on any atom is 0.319 e. The molecule has 1 aromatic carbocycles.